The highest BCUT2D eigenvalue weighted by Crippen LogP contribution is 2.37. The van der Waals surface area contributed by atoms with Gasteiger partial charge in [-0.3, -0.25) is 9.59 Å². The van der Waals surface area contributed by atoms with E-state index in [9.17, 15) is 35.9 Å². The molecule has 0 aromatic heterocycles. The second kappa shape index (κ2) is 10.8. The number of rotatable bonds is 5. The molecule has 4 rings (SSSR count). The van der Waals surface area contributed by atoms with E-state index in [1.165, 1.54) is 12.1 Å². The number of ether oxygens (including phenoxy) is 1. The third-order valence-electron chi connectivity index (χ3n) is 6.24. The van der Waals surface area contributed by atoms with Crippen LogP contribution in [0.2, 0.25) is 0 Å². The van der Waals surface area contributed by atoms with Crippen LogP contribution in [0.4, 0.5) is 32.0 Å². The van der Waals surface area contributed by atoms with Gasteiger partial charge in [0.1, 0.15) is 5.75 Å². The number of hydrogen-bond donors (Lipinski definition) is 1. The van der Waals surface area contributed by atoms with E-state index in [1.807, 2.05) is 0 Å². The molecule has 5 nitrogen and oxygen atoms in total. The van der Waals surface area contributed by atoms with Crippen molar-refractivity contribution in [1.29, 1.82) is 0 Å². The zero-order chi connectivity index (χ0) is 28.4. The van der Waals surface area contributed by atoms with Gasteiger partial charge in [-0.25, -0.2) is 0 Å². The van der Waals surface area contributed by atoms with E-state index >= 15 is 0 Å². The molecule has 0 saturated heterocycles. The highest BCUT2D eigenvalue weighted by Gasteiger charge is 2.43. The fourth-order valence-corrected chi connectivity index (χ4v) is 4.32. The average molecular weight is 548 g/mol. The molecule has 3 aromatic rings. The van der Waals surface area contributed by atoms with E-state index in [1.54, 1.807) is 48.6 Å². The first kappa shape index (κ1) is 27.7. The van der Waals surface area contributed by atoms with Gasteiger partial charge in [0.05, 0.1) is 12.7 Å². The van der Waals surface area contributed by atoms with Crippen molar-refractivity contribution in [2.75, 3.05) is 19.0 Å². The quantitative estimate of drug-likeness (QED) is 0.289. The summed E-state index contributed by atoms with van der Waals surface area (Å²) in [5, 5.41) is 2.58. The van der Waals surface area contributed by atoms with Crippen LogP contribution >= 0.6 is 0 Å². The van der Waals surface area contributed by atoms with Crippen LogP contribution in [0.15, 0.2) is 60.7 Å². The number of amides is 2. The average Bonchev–Trinajstić information content (AvgIpc) is 2.90. The second-order valence-corrected chi connectivity index (χ2v) is 8.75. The molecule has 39 heavy (non-hydrogen) atoms. The van der Waals surface area contributed by atoms with E-state index in [2.05, 4.69) is 5.32 Å². The van der Waals surface area contributed by atoms with Crippen molar-refractivity contribution < 1.29 is 40.7 Å². The summed E-state index contributed by atoms with van der Waals surface area (Å²) >= 11 is 0. The Bertz CT molecular complexity index is 1420. The van der Waals surface area contributed by atoms with Gasteiger partial charge in [0.2, 0.25) is 0 Å². The number of carbonyl (C=O) groups is 2. The summed E-state index contributed by atoms with van der Waals surface area (Å²) in [5.41, 5.74) is 0.925. The number of alkyl halides is 6. The third kappa shape index (κ3) is 6.24. The predicted molar refractivity (Wildman–Crippen MR) is 133 cm³/mol. The highest BCUT2D eigenvalue weighted by atomic mass is 19.4. The largest absolute Gasteiger partial charge is 0.496 e. The molecule has 1 aliphatic rings. The topological polar surface area (TPSA) is 58.6 Å². The Hall–Kier alpha value is -4.28. The zero-order valence-electron chi connectivity index (χ0n) is 20.5. The van der Waals surface area contributed by atoms with Crippen molar-refractivity contribution in [1.82, 2.24) is 4.90 Å². The van der Waals surface area contributed by atoms with Gasteiger partial charge >= 0.3 is 18.3 Å². The molecule has 204 valence electrons. The molecule has 1 heterocycles. The van der Waals surface area contributed by atoms with Crippen LogP contribution in [-0.4, -0.2) is 36.5 Å². The first-order valence-electron chi connectivity index (χ1n) is 11.7. The molecule has 0 unspecified atom stereocenters. The molecular formula is C28H22F6N2O3. The monoisotopic (exact) mass is 548 g/mol. The molecule has 2 amide bonds. The number of anilines is 1. The van der Waals surface area contributed by atoms with Gasteiger partial charge in [0.25, 0.3) is 5.91 Å². The number of fused-ring (bicyclic) bond motifs is 1. The Labute approximate surface area is 219 Å². The number of benzene rings is 3. The Morgan fingerprint density at radius 3 is 2.31 bits per heavy atom. The van der Waals surface area contributed by atoms with Gasteiger partial charge in [-0.2, -0.15) is 26.3 Å². The molecule has 0 spiro atoms. The molecule has 0 saturated carbocycles. The minimum Gasteiger partial charge on any atom is -0.496 e. The zero-order valence-corrected chi connectivity index (χ0v) is 20.5. The van der Waals surface area contributed by atoms with Crippen molar-refractivity contribution in [3.05, 3.63) is 94.0 Å². The van der Waals surface area contributed by atoms with E-state index in [-0.39, 0.29) is 30.8 Å². The first-order chi connectivity index (χ1) is 18.4. The van der Waals surface area contributed by atoms with E-state index in [4.69, 9.17) is 4.74 Å². The molecule has 1 aliphatic heterocycles. The maximum absolute atomic E-state index is 13.5. The van der Waals surface area contributed by atoms with Crippen LogP contribution in [0.5, 0.6) is 5.75 Å². The van der Waals surface area contributed by atoms with Gasteiger partial charge in [0, 0.05) is 29.9 Å². The van der Waals surface area contributed by atoms with E-state index < -0.39 is 35.5 Å². The number of nitrogens with one attached hydrogen (secondary N) is 1. The molecule has 1 N–H and O–H groups in total. The lowest BCUT2D eigenvalue weighted by Gasteiger charge is -2.31. The van der Waals surface area contributed by atoms with Crippen LogP contribution in [-0.2, 0) is 23.9 Å². The van der Waals surface area contributed by atoms with Crippen LogP contribution in [0.1, 0.15) is 38.2 Å². The molecule has 0 aliphatic carbocycles. The molecule has 0 fully saturated rings. The van der Waals surface area contributed by atoms with E-state index in [0.29, 0.717) is 27.7 Å². The van der Waals surface area contributed by atoms with Gasteiger partial charge < -0.3 is 15.0 Å². The maximum Gasteiger partial charge on any atom is 0.471 e. The minimum absolute atomic E-state index is 0.134. The summed E-state index contributed by atoms with van der Waals surface area (Å²) in [7, 11) is 1.08. The van der Waals surface area contributed by atoms with Crippen molar-refractivity contribution in [3.63, 3.8) is 0 Å². The number of carbonyl (C=O) groups excluding carboxylic acids is 2. The van der Waals surface area contributed by atoms with Crippen molar-refractivity contribution in [3.8, 4) is 5.75 Å². The molecule has 0 bridgehead atoms. The van der Waals surface area contributed by atoms with Crippen LogP contribution in [0.3, 0.4) is 0 Å². The predicted octanol–water partition coefficient (Wildman–Crippen LogP) is 6.58. The summed E-state index contributed by atoms with van der Waals surface area (Å²) < 4.78 is 84.6. The summed E-state index contributed by atoms with van der Waals surface area (Å²) in [4.78, 5) is 25.7. The smallest absolute Gasteiger partial charge is 0.471 e. The Kier molecular flexibility index (Phi) is 7.71. The third-order valence-corrected chi connectivity index (χ3v) is 6.24. The van der Waals surface area contributed by atoms with Crippen LogP contribution in [0.25, 0.3) is 12.2 Å². The van der Waals surface area contributed by atoms with Crippen molar-refractivity contribution in [2.45, 2.75) is 25.3 Å². The van der Waals surface area contributed by atoms with Gasteiger partial charge in [-0.05, 0) is 47.4 Å². The lowest BCUT2D eigenvalue weighted by Crippen LogP contribution is -2.44. The van der Waals surface area contributed by atoms with Crippen molar-refractivity contribution >= 4 is 29.7 Å². The highest BCUT2D eigenvalue weighted by molar-refractivity contribution is 6.06. The second-order valence-electron chi connectivity index (χ2n) is 8.75. The normalized spacial score (nSPS) is 13.8. The fourth-order valence-electron chi connectivity index (χ4n) is 4.32. The lowest BCUT2D eigenvalue weighted by atomic mass is 9.92. The summed E-state index contributed by atoms with van der Waals surface area (Å²) in [6, 6.07) is 15.0. The minimum atomic E-state index is -5.05. The van der Waals surface area contributed by atoms with Gasteiger partial charge in [-0.15, -0.1) is 0 Å². The first-order valence-corrected chi connectivity index (χ1v) is 11.7. The Morgan fingerprint density at radius 2 is 1.67 bits per heavy atom. The summed E-state index contributed by atoms with van der Waals surface area (Å²) in [6.45, 7) is -0.489. The fraction of sp³-hybridized carbons (Fsp3) is 0.214. The molecule has 0 radical (unpaired) electrons. The molecule has 0 atom stereocenters. The molecular weight excluding hydrogens is 526 g/mol. The Balaban J connectivity index is 1.74. The number of hydrogen-bond acceptors (Lipinski definition) is 3. The van der Waals surface area contributed by atoms with Crippen molar-refractivity contribution in [2.24, 2.45) is 0 Å². The number of halogens is 6. The maximum atomic E-state index is 13.5. The van der Waals surface area contributed by atoms with Gasteiger partial charge in [-0.1, -0.05) is 48.6 Å². The van der Waals surface area contributed by atoms with Crippen LogP contribution < -0.4 is 10.1 Å². The summed E-state index contributed by atoms with van der Waals surface area (Å²) in [6.07, 6.45) is -6.38. The van der Waals surface area contributed by atoms with Crippen LogP contribution in [0, 0.1) is 0 Å². The van der Waals surface area contributed by atoms with E-state index in [0.717, 1.165) is 18.7 Å². The number of nitrogens with zero attached hydrogens (tertiary/aromatic N) is 1. The van der Waals surface area contributed by atoms with Gasteiger partial charge in [0.15, 0.2) is 0 Å². The number of methoxy groups -OCH3 is 1. The lowest BCUT2D eigenvalue weighted by molar-refractivity contribution is -0.186. The Morgan fingerprint density at radius 1 is 0.949 bits per heavy atom. The summed E-state index contributed by atoms with van der Waals surface area (Å²) in [5.74, 6) is -3.29. The standard InChI is InChI=1S/C28H22F6N2O3/c1-39-24-12-9-19(15-22(24)27(29,30)31)25(37)35-23-11-8-18-13-14-36(26(38)28(32,33)34)16-21(18)20(23)10-7-17-5-3-2-4-6-17/h2-12,15H,13-14,16H2,1H3,(H,35,37)/b10-7+. The SMILES string of the molecule is COc1ccc(C(=O)Nc2ccc3c(c2/C=C/c2ccccc2)CN(C(=O)C(F)(F)F)CC3)cc1C(F)(F)F. The molecule has 11 heteroatoms. The molecule has 3 aromatic carbocycles.